The number of amides is 2. The maximum atomic E-state index is 12.6. The number of rotatable bonds is 10. The SMILES string of the molecule is CCCN(CC(=O)Nc1ccccc1C)CC(=O)N[C@H](CC)c1ccc(C)cc1. The molecule has 29 heavy (non-hydrogen) atoms. The Labute approximate surface area is 174 Å². The third-order valence-corrected chi connectivity index (χ3v) is 4.92. The van der Waals surface area contributed by atoms with Crippen LogP contribution in [0.2, 0.25) is 0 Å². The summed E-state index contributed by atoms with van der Waals surface area (Å²) in [5.74, 6) is -0.166. The van der Waals surface area contributed by atoms with E-state index < -0.39 is 0 Å². The lowest BCUT2D eigenvalue weighted by Crippen LogP contribution is -2.42. The molecule has 0 aliphatic carbocycles. The van der Waals surface area contributed by atoms with Gasteiger partial charge in [-0.15, -0.1) is 0 Å². The quantitative estimate of drug-likeness (QED) is 0.633. The van der Waals surface area contributed by atoms with Gasteiger partial charge in [-0.25, -0.2) is 0 Å². The number of benzene rings is 2. The fourth-order valence-corrected chi connectivity index (χ4v) is 3.30. The summed E-state index contributed by atoms with van der Waals surface area (Å²) in [7, 11) is 0. The van der Waals surface area contributed by atoms with Crippen molar-refractivity contribution in [1.82, 2.24) is 10.2 Å². The molecule has 0 fully saturated rings. The van der Waals surface area contributed by atoms with Gasteiger partial charge in [-0.2, -0.15) is 0 Å². The second-order valence-electron chi connectivity index (χ2n) is 7.51. The van der Waals surface area contributed by atoms with Gasteiger partial charge in [0.2, 0.25) is 11.8 Å². The summed E-state index contributed by atoms with van der Waals surface area (Å²) in [5, 5.41) is 6.05. The van der Waals surface area contributed by atoms with Gasteiger partial charge < -0.3 is 10.6 Å². The van der Waals surface area contributed by atoms with E-state index in [-0.39, 0.29) is 30.9 Å². The molecule has 0 aromatic heterocycles. The molecule has 0 bridgehead atoms. The lowest BCUT2D eigenvalue weighted by atomic mass is 10.0. The highest BCUT2D eigenvalue weighted by atomic mass is 16.2. The van der Waals surface area contributed by atoms with Crippen molar-refractivity contribution in [3.05, 3.63) is 65.2 Å². The van der Waals surface area contributed by atoms with Crippen molar-refractivity contribution in [2.24, 2.45) is 0 Å². The van der Waals surface area contributed by atoms with Gasteiger partial charge in [-0.05, 0) is 50.4 Å². The Bertz CT molecular complexity index is 802. The second kappa shape index (κ2) is 11.4. The van der Waals surface area contributed by atoms with E-state index in [0.29, 0.717) is 6.54 Å². The monoisotopic (exact) mass is 395 g/mol. The number of carbonyl (C=O) groups is 2. The van der Waals surface area contributed by atoms with Crippen molar-refractivity contribution in [2.75, 3.05) is 25.0 Å². The molecule has 5 nitrogen and oxygen atoms in total. The van der Waals surface area contributed by atoms with E-state index in [1.807, 2.05) is 49.9 Å². The van der Waals surface area contributed by atoms with Crippen molar-refractivity contribution in [1.29, 1.82) is 0 Å². The van der Waals surface area contributed by atoms with E-state index in [0.717, 1.165) is 29.7 Å². The average molecular weight is 396 g/mol. The standard InChI is InChI=1S/C24H33N3O2/c1-5-15-27(17-24(29)26-22-10-8-7-9-19(22)4)16-23(28)25-21(6-2)20-13-11-18(3)12-14-20/h7-14,21H,5-6,15-17H2,1-4H3,(H,25,28)(H,26,29)/t21-/m1/s1. The molecule has 0 heterocycles. The lowest BCUT2D eigenvalue weighted by Gasteiger charge is -2.23. The van der Waals surface area contributed by atoms with E-state index in [1.54, 1.807) is 0 Å². The summed E-state index contributed by atoms with van der Waals surface area (Å²) < 4.78 is 0. The van der Waals surface area contributed by atoms with Gasteiger partial charge in [0.05, 0.1) is 19.1 Å². The molecule has 0 spiro atoms. The number of hydrogen-bond acceptors (Lipinski definition) is 3. The zero-order valence-corrected chi connectivity index (χ0v) is 18.0. The molecular formula is C24H33N3O2. The van der Waals surface area contributed by atoms with Gasteiger partial charge in [0.1, 0.15) is 0 Å². The van der Waals surface area contributed by atoms with Crippen LogP contribution in [0.1, 0.15) is 49.4 Å². The maximum absolute atomic E-state index is 12.6. The highest BCUT2D eigenvalue weighted by Crippen LogP contribution is 2.17. The van der Waals surface area contributed by atoms with E-state index in [1.165, 1.54) is 5.56 Å². The van der Waals surface area contributed by atoms with Gasteiger partial charge >= 0.3 is 0 Å². The van der Waals surface area contributed by atoms with Crippen LogP contribution in [0.25, 0.3) is 0 Å². The Kier molecular flexibility index (Phi) is 8.87. The normalized spacial score (nSPS) is 11.9. The molecule has 2 aromatic rings. The topological polar surface area (TPSA) is 61.4 Å². The Balaban J connectivity index is 1.94. The molecule has 0 aliphatic rings. The van der Waals surface area contributed by atoms with Crippen LogP contribution in [0.4, 0.5) is 5.69 Å². The summed E-state index contributed by atoms with van der Waals surface area (Å²) in [6.07, 6.45) is 1.69. The predicted molar refractivity (Wildman–Crippen MR) is 119 cm³/mol. The molecule has 156 valence electrons. The first-order valence-electron chi connectivity index (χ1n) is 10.4. The van der Waals surface area contributed by atoms with Crippen LogP contribution in [0.5, 0.6) is 0 Å². The number of anilines is 1. The molecule has 0 saturated carbocycles. The number of hydrogen-bond donors (Lipinski definition) is 2. The van der Waals surface area contributed by atoms with Gasteiger partial charge in [0.25, 0.3) is 0 Å². The van der Waals surface area contributed by atoms with Crippen molar-refractivity contribution in [3.63, 3.8) is 0 Å². The van der Waals surface area contributed by atoms with Crippen LogP contribution < -0.4 is 10.6 Å². The lowest BCUT2D eigenvalue weighted by molar-refractivity contribution is -0.124. The molecule has 2 N–H and O–H groups in total. The Morgan fingerprint density at radius 3 is 2.21 bits per heavy atom. The minimum absolute atomic E-state index is 0.0210. The number of aryl methyl sites for hydroxylation is 2. The highest BCUT2D eigenvalue weighted by Gasteiger charge is 2.17. The molecule has 0 radical (unpaired) electrons. The van der Waals surface area contributed by atoms with Gasteiger partial charge in [-0.1, -0.05) is 61.9 Å². The number of nitrogens with zero attached hydrogens (tertiary/aromatic N) is 1. The Hall–Kier alpha value is -2.66. The second-order valence-corrected chi connectivity index (χ2v) is 7.51. The highest BCUT2D eigenvalue weighted by molar-refractivity contribution is 5.93. The Morgan fingerprint density at radius 2 is 1.59 bits per heavy atom. The summed E-state index contributed by atoms with van der Waals surface area (Å²) >= 11 is 0. The van der Waals surface area contributed by atoms with E-state index in [9.17, 15) is 9.59 Å². The maximum Gasteiger partial charge on any atom is 0.238 e. The third-order valence-electron chi connectivity index (χ3n) is 4.92. The minimum Gasteiger partial charge on any atom is -0.348 e. The van der Waals surface area contributed by atoms with Crippen molar-refractivity contribution in [3.8, 4) is 0 Å². The van der Waals surface area contributed by atoms with Gasteiger partial charge in [0.15, 0.2) is 0 Å². The Morgan fingerprint density at radius 1 is 0.931 bits per heavy atom. The summed E-state index contributed by atoms with van der Waals surface area (Å²) in [6, 6.07) is 15.9. The average Bonchev–Trinajstić information content (AvgIpc) is 2.69. The summed E-state index contributed by atoms with van der Waals surface area (Å²) in [5.41, 5.74) is 4.13. The van der Waals surface area contributed by atoms with E-state index >= 15 is 0 Å². The van der Waals surface area contributed by atoms with Crippen LogP contribution in [-0.4, -0.2) is 36.3 Å². The predicted octanol–water partition coefficient (Wildman–Crippen LogP) is 4.22. The fourth-order valence-electron chi connectivity index (χ4n) is 3.30. The minimum atomic E-state index is -0.105. The molecule has 2 rings (SSSR count). The first-order chi connectivity index (χ1) is 13.9. The van der Waals surface area contributed by atoms with Crippen molar-refractivity contribution in [2.45, 2.75) is 46.6 Å². The zero-order valence-electron chi connectivity index (χ0n) is 18.0. The third kappa shape index (κ3) is 7.35. The first kappa shape index (κ1) is 22.6. The van der Waals surface area contributed by atoms with E-state index in [2.05, 4.69) is 41.8 Å². The number of carbonyl (C=O) groups excluding carboxylic acids is 2. The van der Waals surface area contributed by atoms with E-state index in [4.69, 9.17) is 0 Å². The smallest absolute Gasteiger partial charge is 0.238 e. The van der Waals surface area contributed by atoms with Crippen molar-refractivity contribution >= 4 is 17.5 Å². The van der Waals surface area contributed by atoms with Gasteiger partial charge in [0, 0.05) is 5.69 Å². The van der Waals surface area contributed by atoms with Crippen LogP contribution in [0, 0.1) is 13.8 Å². The van der Waals surface area contributed by atoms with Crippen molar-refractivity contribution < 1.29 is 9.59 Å². The van der Waals surface area contributed by atoms with Gasteiger partial charge in [-0.3, -0.25) is 14.5 Å². The number of nitrogens with one attached hydrogen (secondary N) is 2. The summed E-state index contributed by atoms with van der Waals surface area (Å²) in [6.45, 7) is 9.20. The molecule has 1 atom stereocenters. The fraction of sp³-hybridized carbons (Fsp3) is 0.417. The molecule has 0 unspecified atom stereocenters. The molecule has 2 amide bonds. The zero-order chi connectivity index (χ0) is 21.2. The first-order valence-corrected chi connectivity index (χ1v) is 10.4. The molecule has 2 aromatic carbocycles. The van der Waals surface area contributed by atoms with Crippen LogP contribution in [0.3, 0.4) is 0 Å². The molecule has 0 aliphatic heterocycles. The number of para-hydroxylation sites is 1. The summed E-state index contributed by atoms with van der Waals surface area (Å²) in [4.78, 5) is 27.0. The largest absolute Gasteiger partial charge is 0.348 e. The molecule has 0 saturated heterocycles. The molecule has 5 heteroatoms. The van der Waals surface area contributed by atoms with Crippen LogP contribution >= 0.6 is 0 Å². The molecular weight excluding hydrogens is 362 g/mol. The van der Waals surface area contributed by atoms with Crippen LogP contribution in [0.15, 0.2) is 48.5 Å². The van der Waals surface area contributed by atoms with Crippen LogP contribution in [-0.2, 0) is 9.59 Å².